The number of hydrogen-bond acceptors (Lipinski definition) is 3. The van der Waals surface area contributed by atoms with E-state index in [1.54, 1.807) is 21.1 Å². The van der Waals surface area contributed by atoms with E-state index in [4.69, 9.17) is 9.47 Å². The van der Waals surface area contributed by atoms with Crippen LogP contribution in [0.2, 0.25) is 0 Å². The molecule has 0 bridgehead atoms. The summed E-state index contributed by atoms with van der Waals surface area (Å²) in [5, 5.41) is 0. The van der Waals surface area contributed by atoms with Crippen molar-refractivity contribution < 1.29 is 14.3 Å². The monoisotopic (exact) mass is 270 g/mol. The Morgan fingerprint density at radius 1 is 0.950 bits per heavy atom. The Balaban J connectivity index is 2.24. The average molecular weight is 270 g/mol. The van der Waals surface area contributed by atoms with Gasteiger partial charge in [-0.1, -0.05) is 18.2 Å². The molecule has 0 radical (unpaired) electrons. The fourth-order valence-corrected chi connectivity index (χ4v) is 2.12. The molecule has 0 unspecified atom stereocenters. The van der Waals surface area contributed by atoms with Gasteiger partial charge in [0.25, 0.3) is 0 Å². The van der Waals surface area contributed by atoms with E-state index in [1.165, 1.54) is 5.56 Å². The van der Waals surface area contributed by atoms with Crippen LogP contribution in [0.4, 0.5) is 0 Å². The summed E-state index contributed by atoms with van der Waals surface area (Å²) in [4.78, 5) is 11.6. The van der Waals surface area contributed by atoms with Gasteiger partial charge in [0.15, 0.2) is 5.78 Å². The Hall–Kier alpha value is -2.29. The highest BCUT2D eigenvalue weighted by atomic mass is 16.5. The van der Waals surface area contributed by atoms with Crippen molar-refractivity contribution in [1.82, 2.24) is 0 Å². The predicted octanol–water partition coefficient (Wildman–Crippen LogP) is 3.50. The predicted molar refractivity (Wildman–Crippen MR) is 78.8 cm³/mol. The second-order valence-corrected chi connectivity index (χ2v) is 4.62. The minimum absolute atomic E-state index is 0.0124. The van der Waals surface area contributed by atoms with Crippen LogP contribution in [0.1, 0.15) is 28.4 Å². The van der Waals surface area contributed by atoms with Gasteiger partial charge >= 0.3 is 0 Å². The molecule has 104 valence electrons. The van der Waals surface area contributed by atoms with E-state index < -0.39 is 0 Å². The van der Waals surface area contributed by atoms with Gasteiger partial charge < -0.3 is 9.47 Å². The molecule has 0 N–H and O–H groups in total. The number of ether oxygens (including phenoxy) is 2. The zero-order valence-electron chi connectivity index (χ0n) is 12.0. The van der Waals surface area contributed by atoms with Gasteiger partial charge in [0.1, 0.15) is 11.5 Å². The van der Waals surface area contributed by atoms with Crippen molar-refractivity contribution in [3.05, 3.63) is 59.2 Å². The van der Waals surface area contributed by atoms with Crippen LogP contribution in [-0.2, 0) is 6.42 Å². The Morgan fingerprint density at radius 3 is 2.15 bits per heavy atom. The van der Waals surface area contributed by atoms with Crippen molar-refractivity contribution in [3.63, 3.8) is 0 Å². The van der Waals surface area contributed by atoms with Crippen LogP contribution in [0.15, 0.2) is 42.5 Å². The molecule has 3 heteroatoms. The van der Waals surface area contributed by atoms with E-state index in [0.717, 1.165) is 17.7 Å². The van der Waals surface area contributed by atoms with E-state index in [9.17, 15) is 4.79 Å². The molecule has 20 heavy (non-hydrogen) atoms. The summed E-state index contributed by atoms with van der Waals surface area (Å²) in [6.07, 6.45) is 0.772. The smallest absolute Gasteiger partial charge is 0.163 e. The molecule has 0 fully saturated rings. The highest BCUT2D eigenvalue weighted by molar-refractivity contribution is 5.97. The zero-order chi connectivity index (χ0) is 14.5. The van der Waals surface area contributed by atoms with Gasteiger partial charge in [0.05, 0.1) is 19.8 Å². The van der Waals surface area contributed by atoms with Crippen LogP contribution >= 0.6 is 0 Å². The molecular formula is C17H18O3. The number of rotatable bonds is 5. The molecule has 0 aromatic heterocycles. The fourth-order valence-electron chi connectivity index (χ4n) is 2.12. The Bertz CT molecular complexity index is 600. The molecule has 0 aliphatic rings. The topological polar surface area (TPSA) is 35.5 Å². The number of ketones is 1. The average Bonchev–Trinajstić information content (AvgIpc) is 2.48. The normalized spacial score (nSPS) is 10.2. The van der Waals surface area contributed by atoms with Crippen LogP contribution in [-0.4, -0.2) is 20.0 Å². The number of carbonyl (C=O) groups is 1. The van der Waals surface area contributed by atoms with Crippen molar-refractivity contribution in [2.75, 3.05) is 14.2 Å². The molecule has 0 saturated heterocycles. The molecule has 2 aromatic carbocycles. The summed E-state index contributed by atoms with van der Waals surface area (Å²) >= 11 is 0. The number of benzene rings is 2. The van der Waals surface area contributed by atoms with Gasteiger partial charge in [0, 0.05) is 0 Å². The van der Waals surface area contributed by atoms with Crippen LogP contribution in [0.3, 0.4) is 0 Å². The lowest BCUT2D eigenvalue weighted by Crippen LogP contribution is -1.99. The Morgan fingerprint density at radius 2 is 1.60 bits per heavy atom. The standard InChI is InChI=1S/C17H18O3/c1-12(18)16-11-14(6-9-17(16)20-3)10-13-4-7-15(19-2)8-5-13/h4-9,11H,10H2,1-3H3. The van der Waals surface area contributed by atoms with Crippen molar-refractivity contribution in [2.45, 2.75) is 13.3 Å². The quantitative estimate of drug-likeness (QED) is 0.780. The summed E-state index contributed by atoms with van der Waals surface area (Å²) < 4.78 is 10.3. The summed E-state index contributed by atoms with van der Waals surface area (Å²) in [7, 11) is 3.22. The van der Waals surface area contributed by atoms with E-state index in [-0.39, 0.29) is 5.78 Å². The SMILES string of the molecule is COc1ccc(Cc2ccc(OC)c(C(C)=O)c2)cc1. The molecule has 2 rings (SSSR count). The minimum atomic E-state index is 0.0124. The fraction of sp³-hybridized carbons (Fsp3) is 0.235. The highest BCUT2D eigenvalue weighted by Gasteiger charge is 2.09. The van der Waals surface area contributed by atoms with E-state index >= 15 is 0 Å². The Labute approximate surface area is 119 Å². The molecule has 0 atom stereocenters. The molecule has 0 heterocycles. The Kier molecular flexibility index (Phi) is 4.41. The minimum Gasteiger partial charge on any atom is -0.497 e. The first-order valence-electron chi connectivity index (χ1n) is 6.45. The van der Waals surface area contributed by atoms with Crippen LogP contribution < -0.4 is 9.47 Å². The zero-order valence-corrected chi connectivity index (χ0v) is 12.0. The van der Waals surface area contributed by atoms with E-state index in [2.05, 4.69) is 0 Å². The summed E-state index contributed by atoms with van der Waals surface area (Å²) in [6, 6.07) is 13.6. The number of carbonyl (C=O) groups excluding carboxylic acids is 1. The van der Waals surface area contributed by atoms with E-state index in [1.807, 2.05) is 42.5 Å². The van der Waals surface area contributed by atoms with Gasteiger partial charge in [-0.2, -0.15) is 0 Å². The summed E-state index contributed by atoms with van der Waals surface area (Å²) in [5.74, 6) is 1.47. The molecule has 0 saturated carbocycles. The maximum Gasteiger partial charge on any atom is 0.163 e. The van der Waals surface area contributed by atoms with Crippen molar-refractivity contribution in [2.24, 2.45) is 0 Å². The van der Waals surface area contributed by atoms with Crippen molar-refractivity contribution >= 4 is 5.78 Å². The first kappa shape index (κ1) is 14.1. The van der Waals surface area contributed by atoms with E-state index in [0.29, 0.717) is 11.3 Å². The third-order valence-electron chi connectivity index (χ3n) is 3.21. The summed E-state index contributed by atoms with van der Waals surface area (Å²) in [6.45, 7) is 1.55. The van der Waals surface area contributed by atoms with Gasteiger partial charge in [0.2, 0.25) is 0 Å². The van der Waals surface area contributed by atoms with Gasteiger partial charge in [-0.3, -0.25) is 4.79 Å². The maximum atomic E-state index is 11.6. The third-order valence-corrected chi connectivity index (χ3v) is 3.21. The molecule has 2 aromatic rings. The maximum absolute atomic E-state index is 11.6. The van der Waals surface area contributed by atoms with Gasteiger partial charge in [-0.25, -0.2) is 0 Å². The number of Topliss-reactive ketones (excluding diaryl/α,β-unsaturated/α-hetero) is 1. The molecular weight excluding hydrogens is 252 g/mol. The second-order valence-electron chi connectivity index (χ2n) is 4.62. The van der Waals surface area contributed by atoms with Crippen LogP contribution in [0.25, 0.3) is 0 Å². The summed E-state index contributed by atoms with van der Waals surface area (Å²) in [5.41, 5.74) is 2.88. The van der Waals surface area contributed by atoms with Crippen LogP contribution in [0, 0.1) is 0 Å². The van der Waals surface area contributed by atoms with Crippen LogP contribution in [0.5, 0.6) is 11.5 Å². The molecule has 0 aliphatic carbocycles. The van der Waals surface area contributed by atoms with Gasteiger partial charge in [-0.15, -0.1) is 0 Å². The molecule has 0 aliphatic heterocycles. The number of hydrogen-bond donors (Lipinski definition) is 0. The lowest BCUT2D eigenvalue weighted by molar-refractivity contribution is 0.101. The molecule has 0 amide bonds. The molecule has 0 spiro atoms. The van der Waals surface area contributed by atoms with Crippen molar-refractivity contribution in [3.8, 4) is 11.5 Å². The second kappa shape index (κ2) is 6.24. The lowest BCUT2D eigenvalue weighted by Gasteiger charge is -2.09. The highest BCUT2D eigenvalue weighted by Crippen LogP contribution is 2.22. The first-order valence-corrected chi connectivity index (χ1v) is 6.45. The van der Waals surface area contributed by atoms with Gasteiger partial charge in [-0.05, 0) is 48.7 Å². The lowest BCUT2D eigenvalue weighted by atomic mass is 10.0. The first-order chi connectivity index (χ1) is 9.63. The van der Waals surface area contributed by atoms with Crippen molar-refractivity contribution in [1.29, 1.82) is 0 Å². The third kappa shape index (κ3) is 3.18. The largest absolute Gasteiger partial charge is 0.497 e. The number of methoxy groups -OCH3 is 2. The molecule has 3 nitrogen and oxygen atoms in total.